The zero-order valence-corrected chi connectivity index (χ0v) is 22.0. The van der Waals surface area contributed by atoms with Crippen LogP contribution in [0.5, 0.6) is 0 Å². The summed E-state index contributed by atoms with van der Waals surface area (Å²) in [7, 11) is 0. The molecule has 40 heavy (non-hydrogen) atoms. The summed E-state index contributed by atoms with van der Waals surface area (Å²) in [6, 6.07) is 22.2. The predicted octanol–water partition coefficient (Wildman–Crippen LogP) is 5.64. The summed E-state index contributed by atoms with van der Waals surface area (Å²) in [6.07, 6.45) is 0.103. The number of rotatable bonds is 9. The van der Waals surface area contributed by atoms with Gasteiger partial charge in [-0.1, -0.05) is 65.8 Å². The van der Waals surface area contributed by atoms with Crippen LogP contribution in [0.15, 0.2) is 88.2 Å². The number of carbonyl (C=O) groups is 2. The molecule has 2 N–H and O–H groups in total. The normalized spacial score (nSPS) is 12.9. The standard InChI is InChI=1S/C30H24N4O5S/c35-29(36)19-11-9-18(10-12-19)13-27-33-28(39-34-27)26(14-20-16-40-17-31-20)32-30(37)38-15-25-23-7-3-1-5-21(23)22-6-2-4-8-24(22)25/h1-12,16-17,25-26H,13-15H2,(H,32,37)(H,35,36)/t26-/m0/s1. The number of hydrogen-bond donors (Lipinski definition) is 2. The summed E-state index contributed by atoms with van der Waals surface area (Å²) >= 11 is 1.46. The number of nitrogens with zero attached hydrogens (tertiary/aromatic N) is 3. The van der Waals surface area contributed by atoms with Gasteiger partial charge in [0.1, 0.15) is 12.6 Å². The number of hydrogen-bond acceptors (Lipinski definition) is 8. The Balaban J connectivity index is 1.15. The number of carboxylic acids is 1. The molecule has 0 fully saturated rings. The Morgan fingerprint density at radius 3 is 2.35 bits per heavy atom. The average molecular weight is 553 g/mol. The lowest BCUT2D eigenvalue weighted by Gasteiger charge is -2.17. The Kier molecular flexibility index (Phi) is 7.07. The molecular formula is C30H24N4O5S. The van der Waals surface area contributed by atoms with Crippen LogP contribution in [0.25, 0.3) is 11.1 Å². The summed E-state index contributed by atoms with van der Waals surface area (Å²) in [4.78, 5) is 33.0. The molecule has 1 aliphatic rings. The summed E-state index contributed by atoms with van der Waals surface area (Å²) < 4.78 is 11.3. The molecule has 0 saturated carbocycles. The van der Waals surface area contributed by atoms with Gasteiger partial charge in [-0.3, -0.25) is 0 Å². The van der Waals surface area contributed by atoms with Crippen LogP contribution in [0.4, 0.5) is 4.79 Å². The third-order valence-corrected chi connectivity index (χ3v) is 7.51. The minimum Gasteiger partial charge on any atom is -0.478 e. The van der Waals surface area contributed by atoms with Crippen molar-refractivity contribution in [3.05, 3.63) is 123 Å². The highest BCUT2D eigenvalue weighted by atomic mass is 32.1. The number of carbonyl (C=O) groups excluding carboxylic acids is 1. The first-order chi connectivity index (χ1) is 19.5. The zero-order chi connectivity index (χ0) is 27.5. The van der Waals surface area contributed by atoms with Crippen LogP contribution in [0, 0.1) is 0 Å². The van der Waals surface area contributed by atoms with E-state index in [9.17, 15) is 9.59 Å². The first-order valence-electron chi connectivity index (χ1n) is 12.7. The van der Waals surface area contributed by atoms with Crippen molar-refractivity contribution >= 4 is 23.4 Å². The molecule has 10 heteroatoms. The Labute approximate surface area is 233 Å². The number of carboxylic acid groups (broad SMARTS) is 1. The first-order valence-corrected chi connectivity index (χ1v) is 13.6. The molecule has 0 spiro atoms. The molecule has 1 atom stereocenters. The van der Waals surface area contributed by atoms with E-state index in [-0.39, 0.29) is 24.0 Å². The molecule has 0 saturated heterocycles. The van der Waals surface area contributed by atoms with Crippen LogP contribution in [-0.2, 0) is 17.6 Å². The van der Waals surface area contributed by atoms with E-state index >= 15 is 0 Å². The van der Waals surface area contributed by atoms with Gasteiger partial charge < -0.3 is 19.7 Å². The highest BCUT2D eigenvalue weighted by molar-refractivity contribution is 7.07. The predicted molar refractivity (Wildman–Crippen MR) is 147 cm³/mol. The topological polar surface area (TPSA) is 127 Å². The van der Waals surface area contributed by atoms with Gasteiger partial charge in [0.15, 0.2) is 5.82 Å². The summed E-state index contributed by atoms with van der Waals surface area (Å²) in [5, 5.41) is 18.0. The van der Waals surface area contributed by atoms with Gasteiger partial charge in [0.05, 0.1) is 16.8 Å². The minimum absolute atomic E-state index is 0.0577. The third-order valence-electron chi connectivity index (χ3n) is 6.88. The Morgan fingerprint density at radius 1 is 1.00 bits per heavy atom. The number of aromatic carboxylic acids is 1. The van der Waals surface area contributed by atoms with Gasteiger partial charge in [-0.15, -0.1) is 11.3 Å². The van der Waals surface area contributed by atoms with E-state index in [1.54, 1.807) is 17.6 Å². The molecule has 0 radical (unpaired) electrons. The van der Waals surface area contributed by atoms with Crippen molar-refractivity contribution in [1.82, 2.24) is 20.4 Å². The molecule has 5 aromatic rings. The van der Waals surface area contributed by atoms with Gasteiger partial charge in [-0.25, -0.2) is 14.6 Å². The molecule has 6 rings (SSSR count). The van der Waals surface area contributed by atoms with Gasteiger partial charge >= 0.3 is 12.1 Å². The van der Waals surface area contributed by atoms with Crippen molar-refractivity contribution in [2.24, 2.45) is 0 Å². The van der Waals surface area contributed by atoms with Crippen LogP contribution in [-0.4, -0.2) is 38.9 Å². The summed E-state index contributed by atoms with van der Waals surface area (Å²) in [5.41, 5.74) is 8.11. The Hall–Kier alpha value is -4.83. The molecule has 3 aromatic carbocycles. The number of fused-ring (bicyclic) bond motifs is 3. The number of alkyl carbamates (subject to hydrolysis) is 1. The maximum atomic E-state index is 13.0. The zero-order valence-electron chi connectivity index (χ0n) is 21.2. The van der Waals surface area contributed by atoms with Crippen LogP contribution < -0.4 is 5.32 Å². The van der Waals surface area contributed by atoms with Crippen molar-refractivity contribution in [2.45, 2.75) is 24.8 Å². The second-order valence-electron chi connectivity index (χ2n) is 9.43. The van der Waals surface area contributed by atoms with Gasteiger partial charge in [-0.2, -0.15) is 4.98 Å². The van der Waals surface area contributed by atoms with Crippen LogP contribution in [0.2, 0.25) is 0 Å². The fraction of sp³-hybridized carbons (Fsp3) is 0.167. The molecule has 2 heterocycles. The minimum atomic E-state index is -0.988. The van der Waals surface area contributed by atoms with Crippen molar-refractivity contribution in [3.8, 4) is 11.1 Å². The molecule has 0 bridgehead atoms. The number of nitrogens with one attached hydrogen (secondary N) is 1. The number of benzene rings is 3. The molecule has 1 aliphatic carbocycles. The highest BCUT2D eigenvalue weighted by Gasteiger charge is 2.30. The Bertz CT molecular complexity index is 1600. The van der Waals surface area contributed by atoms with E-state index in [0.717, 1.165) is 33.5 Å². The van der Waals surface area contributed by atoms with Gasteiger partial charge in [0, 0.05) is 24.1 Å². The van der Waals surface area contributed by atoms with Crippen LogP contribution in [0.1, 0.15) is 56.4 Å². The average Bonchev–Trinajstić information content (AvgIpc) is 3.72. The van der Waals surface area contributed by atoms with Crippen molar-refractivity contribution < 1.29 is 24.0 Å². The molecular weight excluding hydrogens is 528 g/mol. The first kappa shape index (κ1) is 25.4. The Morgan fingerprint density at radius 2 is 1.70 bits per heavy atom. The molecule has 0 aliphatic heterocycles. The number of amides is 1. The van der Waals surface area contributed by atoms with Crippen LogP contribution in [0.3, 0.4) is 0 Å². The van der Waals surface area contributed by atoms with E-state index in [1.807, 2.05) is 29.6 Å². The summed E-state index contributed by atoms with van der Waals surface area (Å²) in [5.74, 6) is -0.399. The summed E-state index contributed by atoms with van der Waals surface area (Å²) in [6.45, 7) is 0.185. The lowest BCUT2D eigenvalue weighted by Crippen LogP contribution is -2.32. The number of thiazole rings is 1. The van der Waals surface area contributed by atoms with Gasteiger partial charge in [-0.05, 0) is 39.9 Å². The third kappa shape index (κ3) is 5.34. The lowest BCUT2D eigenvalue weighted by atomic mass is 9.98. The second-order valence-corrected chi connectivity index (χ2v) is 10.2. The van der Waals surface area contributed by atoms with E-state index < -0.39 is 18.1 Å². The molecule has 1 amide bonds. The fourth-order valence-corrected chi connectivity index (χ4v) is 5.53. The maximum absolute atomic E-state index is 13.0. The maximum Gasteiger partial charge on any atom is 0.407 e. The largest absolute Gasteiger partial charge is 0.478 e. The van der Waals surface area contributed by atoms with Crippen molar-refractivity contribution in [2.75, 3.05) is 6.61 Å². The monoisotopic (exact) mass is 552 g/mol. The van der Waals surface area contributed by atoms with Crippen molar-refractivity contribution in [3.63, 3.8) is 0 Å². The molecule has 0 unspecified atom stereocenters. The molecule has 2 aromatic heterocycles. The van der Waals surface area contributed by atoms with Crippen molar-refractivity contribution in [1.29, 1.82) is 0 Å². The van der Waals surface area contributed by atoms with Crippen LogP contribution >= 0.6 is 11.3 Å². The van der Waals surface area contributed by atoms with E-state index in [2.05, 4.69) is 44.7 Å². The second kappa shape index (κ2) is 11.1. The van der Waals surface area contributed by atoms with Gasteiger partial charge in [0.2, 0.25) is 5.89 Å². The van der Waals surface area contributed by atoms with Gasteiger partial charge in [0.25, 0.3) is 0 Å². The number of aromatic nitrogens is 3. The molecule has 200 valence electrons. The SMILES string of the molecule is O=C(N[C@@H](Cc1cscn1)c1nc(Cc2ccc(C(=O)O)cc2)no1)OCC1c2ccccc2-c2ccccc21. The highest BCUT2D eigenvalue weighted by Crippen LogP contribution is 2.44. The smallest absolute Gasteiger partial charge is 0.407 e. The van der Waals surface area contributed by atoms with E-state index in [4.69, 9.17) is 14.4 Å². The number of ether oxygens (including phenoxy) is 1. The van der Waals surface area contributed by atoms with E-state index in [1.165, 1.54) is 23.5 Å². The fourth-order valence-electron chi connectivity index (χ4n) is 4.96. The molecule has 9 nitrogen and oxygen atoms in total. The lowest BCUT2D eigenvalue weighted by molar-refractivity contribution is 0.0696. The van der Waals surface area contributed by atoms with E-state index in [0.29, 0.717) is 18.7 Å². The quantitative estimate of drug-likeness (QED) is 0.241.